The predicted octanol–water partition coefficient (Wildman–Crippen LogP) is 3.02. The van der Waals surface area contributed by atoms with Gasteiger partial charge in [0.15, 0.2) is 0 Å². The molecule has 2 aromatic carbocycles. The Morgan fingerprint density at radius 1 is 0.962 bits per heavy atom. The Morgan fingerprint density at radius 2 is 1.58 bits per heavy atom. The van der Waals surface area contributed by atoms with E-state index in [2.05, 4.69) is 5.32 Å². The number of nitrogens with one attached hydrogen (secondary N) is 1. The highest BCUT2D eigenvalue weighted by Gasteiger charge is 2.28. The fourth-order valence-electron chi connectivity index (χ4n) is 1.97. The van der Waals surface area contributed by atoms with Gasteiger partial charge in [-0.05, 0) is 12.1 Å². The zero-order valence-electron chi connectivity index (χ0n) is 12.4. The van der Waals surface area contributed by atoms with Gasteiger partial charge in [-0.2, -0.15) is 0 Å². The van der Waals surface area contributed by atoms with Crippen LogP contribution in [-0.2, 0) is 0 Å². The Bertz CT molecular complexity index is 961. The molecule has 0 aliphatic rings. The van der Waals surface area contributed by atoms with E-state index < -0.39 is 49.1 Å². The minimum absolute atomic E-state index is 0.0172. The number of halogens is 1. The van der Waals surface area contributed by atoms with Crippen LogP contribution in [-0.4, -0.2) is 25.8 Å². The van der Waals surface area contributed by atoms with Crippen molar-refractivity contribution in [2.45, 2.75) is 0 Å². The molecule has 2 aromatic rings. The zero-order valence-corrected chi connectivity index (χ0v) is 13.2. The van der Waals surface area contributed by atoms with Crippen molar-refractivity contribution in [3.63, 3.8) is 0 Å². The highest BCUT2D eigenvalue weighted by Crippen LogP contribution is 2.35. The first-order chi connectivity index (χ1) is 12.1. The van der Waals surface area contributed by atoms with Crippen LogP contribution in [0.2, 0.25) is 5.02 Å². The topological polar surface area (TPSA) is 179 Å². The van der Waals surface area contributed by atoms with E-state index in [4.69, 9.17) is 11.6 Å². The second kappa shape index (κ2) is 6.98. The van der Waals surface area contributed by atoms with E-state index in [1.807, 2.05) is 0 Å². The second-order valence-electron chi connectivity index (χ2n) is 4.75. The Labute approximate surface area is 148 Å². The average molecular weight is 383 g/mol. The van der Waals surface area contributed by atoms with Crippen LogP contribution in [0, 0.1) is 30.3 Å². The van der Waals surface area contributed by atoms with Gasteiger partial charge in [0.05, 0.1) is 26.4 Å². The van der Waals surface area contributed by atoms with Gasteiger partial charge < -0.3 is 10.4 Å². The standard InChI is InChI=1S/C13H7ClN4O8/c14-6-1-2-9(10(3-6)17(23)24)15-13(20)8-4-7(16(21)22)5-11(12(8)19)18(25)26/h1-5,19H,(H,15,20). The Hall–Kier alpha value is -3.80. The van der Waals surface area contributed by atoms with Crippen LogP contribution in [0.15, 0.2) is 30.3 Å². The largest absolute Gasteiger partial charge is 0.502 e. The summed E-state index contributed by atoms with van der Waals surface area (Å²) in [6.07, 6.45) is 0. The van der Waals surface area contributed by atoms with Crippen LogP contribution in [0.1, 0.15) is 10.4 Å². The second-order valence-corrected chi connectivity index (χ2v) is 5.18. The molecule has 0 unspecified atom stereocenters. The SMILES string of the molecule is O=C(Nc1ccc(Cl)cc1[N+](=O)[O-])c1cc([N+](=O)[O-])cc([N+](=O)[O-])c1O. The van der Waals surface area contributed by atoms with Crippen molar-refractivity contribution >= 4 is 40.3 Å². The molecule has 2 rings (SSSR count). The number of benzene rings is 2. The van der Waals surface area contributed by atoms with E-state index in [0.717, 1.165) is 12.1 Å². The molecular formula is C13H7ClN4O8. The van der Waals surface area contributed by atoms with E-state index in [0.29, 0.717) is 12.1 Å². The third-order valence-electron chi connectivity index (χ3n) is 3.13. The van der Waals surface area contributed by atoms with Crippen LogP contribution in [0.5, 0.6) is 5.75 Å². The Balaban J connectivity index is 2.53. The maximum Gasteiger partial charge on any atom is 0.318 e. The van der Waals surface area contributed by atoms with Crippen LogP contribution in [0.25, 0.3) is 0 Å². The Kier molecular flexibility index (Phi) is 4.98. The van der Waals surface area contributed by atoms with Crippen molar-refractivity contribution in [3.8, 4) is 5.75 Å². The number of hydrogen-bond acceptors (Lipinski definition) is 8. The van der Waals surface area contributed by atoms with E-state index >= 15 is 0 Å². The normalized spacial score (nSPS) is 10.2. The van der Waals surface area contributed by atoms with E-state index in [1.165, 1.54) is 6.07 Å². The van der Waals surface area contributed by atoms with Gasteiger partial charge in [0.1, 0.15) is 5.69 Å². The van der Waals surface area contributed by atoms with Crippen LogP contribution in [0.4, 0.5) is 22.7 Å². The Morgan fingerprint density at radius 3 is 2.12 bits per heavy atom. The molecule has 0 heterocycles. The first-order valence-corrected chi connectivity index (χ1v) is 6.90. The van der Waals surface area contributed by atoms with Gasteiger partial charge in [-0.15, -0.1) is 0 Å². The number of carbonyl (C=O) groups is 1. The van der Waals surface area contributed by atoms with Gasteiger partial charge in [-0.3, -0.25) is 35.1 Å². The number of phenolic OH excluding ortho intramolecular Hbond substituents is 1. The number of rotatable bonds is 5. The summed E-state index contributed by atoms with van der Waals surface area (Å²) in [5, 5.41) is 44.7. The third-order valence-corrected chi connectivity index (χ3v) is 3.37. The molecule has 0 aliphatic carbocycles. The molecule has 0 spiro atoms. The lowest BCUT2D eigenvalue weighted by molar-refractivity contribution is -0.394. The summed E-state index contributed by atoms with van der Waals surface area (Å²) in [5.74, 6) is -2.34. The summed E-state index contributed by atoms with van der Waals surface area (Å²) >= 11 is 5.64. The lowest BCUT2D eigenvalue weighted by atomic mass is 10.1. The molecule has 0 saturated carbocycles. The molecule has 2 N–H and O–H groups in total. The molecule has 0 fully saturated rings. The molecule has 0 bridgehead atoms. The van der Waals surface area contributed by atoms with E-state index in [9.17, 15) is 40.2 Å². The fourth-order valence-corrected chi connectivity index (χ4v) is 2.14. The van der Waals surface area contributed by atoms with E-state index in [-0.39, 0.29) is 10.7 Å². The third kappa shape index (κ3) is 3.64. The van der Waals surface area contributed by atoms with Crippen LogP contribution >= 0.6 is 11.6 Å². The summed E-state index contributed by atoms with van der Waals surface area (Å²) in [7, 11) is 0. The first kappa shape index (κ1) is 18.5. The van der Waals surface area contributed by atoms with Crippen molar-refractivity contribution in [2.75, 3.05) is 5.32 Å². The zero-order chi connectivity index (χ0) is 19.6. The molecule has 0 atom stereocenters. The molecule has 0 aliphatic heterocycles. The predicted molar refractivity (Wildman–Crippen MR) is 87.5 cm³/mol. The number of nitrogens with zero attached hydrogens (tertiary/aromatic N) is 3. The fraction of sp³-hybridized carbons (Fsp3) is 0. The number of phenols is 1. The highest BCUT2D eigenvalue weighted by molar-refractivity contribution is 6.31. The molecule has 1 amide bonds. The lowest BCUT2D eigenvalue weighted by Crippen LogP contribution is -2.14. The van der Waals surface area contributed by atoms with Gasteiger partial charge in [-0.25, -0.2) is 0 Å². The van der Waals surface area contributed by atoms with Gasteiger partial charge >= 0.3 is 5.69 Å². The van der Waals surface area contributed by atoms with Gasteiger partial charge in [0.2, 0.25) is 5.75 Å². The van der Waals surface area contributed by atoms with Crippen molar-refractivity contribution in [1.29, 1.82) is 0 Å². The number of anilines is 1. The number of amides is 1. The monoisotopic (exact) mass is 382 g/mol. The van der Waals surface area contributed by atoms with Crippen molar-refractivity contribution in [2.24, 2.45) is 0 Å². The summed E-state index contributed by atoms with van der Waals surface area (Å²) in [6, 6.07) is 4.38. The molecule has 0 radical (unpaired) electrons. The van der Waals surface area contributed by atoms with Gasteiger partial charge in [0.25, 0.3) is 17.3 Å². The quantitative estimate of drug-likeness (QED) is 0.584. The first-order valence-electron chi connectivity index (χ1n) is 6.53. The number of non-ortho nitro benzene ring substituents is 1. The maximum absolute atomic E-state index is 12.3. The van der Waals surface area contributed by atoms with Crippen LogP contribution < -0.4 is 5.32 Å². The van der Waals surface area contributed by atoms with E-state index in [1.54, 1.807) is 0 Å². The minimum Gasteiger partial charge on any atom is -0.502 e. The summed E-state index contributed by atoms with van der Waals surface area (Å²) < 4.78 is 0. The number of hydrogen-bond donors (Lipinski definition) is 2. The van der Waals surface area contributed by atoms with Gasteiger partial charge in [0, 0.05) is 17.2 Å². The highest BCUT2D eigenvalue weighted by atomic mass is 35.5. The molecule has 0 aromatic heterocycles. The van der Waals surface area contributed by atoms with Gasteiger partial charge in [-0.1, -0.05) is 11.6 Å². The lowest BCUT2D eigenvalue weighted by Gasteiger charge is -2.08. The smallest absolute Gasteiger partial charge is 0.318 e. The maximum atomic E-state index is 12.3. The number of nitro groups is 3. The molecule has 26 heavy (non-hydrogen) atoms. The molecule has 13 heteroatoms. The minimum atomic E-state index is -1.22. The average Bonchev–Trinajstić information content (AvgIpc) is 2.55. The van der Waals surface area contributed by atoms with Crippen LogP contribution in [0.3, 0.4) is 0 Å². The van der Waals surface area contributed by atoms with Crippen molar-refractivity contribution < 1.29 is 24.7 Å². The summed E-state index contributed by atoms with van der Waals surface area (Å²) in [4.78, 5) is 42.1. The molecular weight excluding hydrogens is 376 g/mol. The number of aromatic hydroxyl groups is 1. The molecule has 12 nitrogen and oxygen atoms in total. The summed E-state index contributed by atoms with van der Waals surface area (Å²) in [5.41, 5.74) is -3.57. The summed E-state index contributed by atoms with van der Waals surface area (Å²) in [6.45, 7) is 0. The number of nitro benzene ring substituents is 3. The molecule has 0 saturated heterocycles. The number of carbonyl (C=O) groups excluding carboxylic acids is 1. The van der Waals surface area contributed by atoms with Crippen molar-refractivity contribution in [1.82, 2.24) is 0 Å². The molecule has 134 valence electrons. The van der Waals surface area contributed by atoms with Crippen molar-refractivity contribution in [3.05, 3.63) is 71.3 Å².